The molecule has 1 aromatic heterocycles. The number of aromatic nitrogens is 2. The smallest absolute Gasteiger partial charge is 0.426 e. The molecule has 1 aliphatic carbocycles. The Morgan fingerprint density at radius 2 is 1.88 bits per heavy atom. The number of ether oxygens (including phenoxy) is 1. The van der Waals surface area contributed by atoms with Gasteiger partial charge in [-0.3, -0.25) is 10.2 Å². The average Bonchev–Trinajstić information content (AvgIpc) is 2.82. The fraction of sp³-hybridized carbons (Fsp3) is 0.389. The Morgan fingerprint density at radius 3 is 2.62 bits per heavy atom. The highest BCUT2D eigenvalue weighted by molar-refractivity contribution is 6.30. The standard InChI is InChI=1S/C18H21ClN4O3/c1-2-26-18(25)21-20-17(24)16-14-6-4-3-5-7-15(14)23(22-16)13-10-8-12(19)9-11-13/h8-11H,2-7H2,1H3,(H,20,24)(H,21,25). The minimum atomic E-state index is -0.705. The molecule has 3 rings (SSSR count). The van der Waals surface area contributed by atoms with Crippen LogP contribution in [0.2, 0.25) is 5.02 Å². The summed E-state index contributed by atoms with van der Waals surface area (Å²) < 4.78 is 6.55. The van der Waals surface area contributed by atoms with Crippen LogP contribution >= 0.6 is 11.6 Å². The van der Waals surface area contributed by atoms with E-state index in [-0.39, 0.29) is 6.61 Å². The Labute approximate surface area is 156 Å². The zero-order valence-corrected chi connectivity index (χ0v) is 15.3. The molecule has 7 nitrogen and oxygen atoms in total. The fourth-order valence-corrected chi connectivity index (χ4v) is 3.21. The molecule has 0 radical (unpaired) electrons. The molecule has 0 saturated heterocycles. The highest BCUT2D eigenvalue weighted by Crippen LogP contribution is 2.26. The summed E-state index contributed by atoms with van der Waals surface area (Å²) in [5.41, 5.74) is 7.74. The number of benzene rings is 1. The maximum Gasteiger partial charge on any atom is 0.426 e. The van der Waals surface area contributed by atoms with E-state index in [9.17, 15) is 9.59 Å². The summed E-state index contributed by atoms with van der Waals surface area (Å²) in [4.78, 5) is 24.0. The van der Waals surface area contributed by atoms with Crippen LogP contribution in [0.15, 0.2) is 24.3 Å². The van der Waals surface area contributed by atoms with Gasteiger partial charge in [0.25, 0.3) is 5.91 Å². The van der Waals surface area contributed by atoms with Gasteiger partial charge in [-0.05, 0) is 56.9 Å². The molecule has 0 fully saturated rings. The van der Waals surface area contributed by atoms with Crippen molar-refractivity contribution in [1.82, 2.24) is 20.6 Å². The first-order valence-corrected chi connectivity index (χ1v) is 9.07. The zero-order valence-electron chi connectivity index (χ0n) is 14.5. The van der Waals surface area contributed by atoms with Gasteiger partial charge in [0.1, 0.15) is 0 Å². The van der Waals surface area contributed by atoms with Gasteiger partial charge in [-0.2, -0.15) is 5.10 Å². The predicted molar refractivity (Wildman–Crippen MR) is 97.5 cm³/mol. The number of nitrogens with one attached hydrogen (secondary N) is 2. The van der Waals surface area contributed by atoms with Crippen LogP contribution in [0.3, 0.4) is 0 Å². The Kier molecular flexibility index (Phi) is 5.78. The average molecular weight is 377 g/mol. The van der Waals surface area contributed by atoms with Crippen LogP contribution < -0.4 is 10.9 Å². The monoisotopic (exact) mass is 376 g/mol. The second kappa shape index (κ2) is 8.23. The normalized spacial score (nSPS) is 13.5. The van der Waals surface area contributed by atoms with Crippen molar-refractivity contribution in [3.8, 4) is 5.69 Å². The van der Waals surface area contributed by atoms with E-state index in [2.05, 4.69) is 16.0 Å². The topological polar surface area (TPSA) is 85.2 Å². The van der Waals surface area contributed by atoms with Crippen molar-refractivity contribution in [2.45, 2.75) is 39.0 Å². The summed E-state index contributed by atoms with van der Waals surface area (Å²) >= 11 is 5.98. The molecule has 0 bridgehead atoms. The molecule has 0 atom stereocenters. The van der Waals surface area contributed by atoms with Crippen molar-refractivity contribution in [2.24, 2.45) is 0 Å². The van der Waals surface area contributed by atoms with Gasteiger partial charge in [-0.25, -0.2) is 14.9 Å². The summed E-state index contributed by atoms with van der Waals surface area (Å²) in [7, 11) is 0. The first kappa shape index (κ1) is 18.3. The Bertz CT molecular complexity index is 802. The molecule has 2 amide bonds. The van der Waals surface area contributed by atoms with E-state index in [0.717, 1.165) is 49.0 Å². The molecule has 0 saturated carbocycles. The molecule has 1 aliphatic rings. The minimum absolute atomic E-state index is 0.224. The zero-order chi connectivity index (χ0) is 18.5. The molecule has 2 aromatic rings. The predicted octanol–water partition coefficient (Wildman–Crippen LogP) is 3.19. The van der Waals surface area contributed by atoms with Crippen molar-refractivity contribution < 1.29 is 14.3 Å². The Morgan fingerprint density at radius 1 is 1.15 bits per heavy atom. The van der Waals surface area contributed by atoms with E-state index in [1.807, 2.05) is 12.1 Å². The number of hydrazine groups is 1. The number of fused-ring (bicyclic) bond motifs is 1. The largest absolute Gasteiger partial charge is 0.449 e. The van der Waals surface area contributed by atoms with Crippen LogP contribution in [0.4, 0.5) is 4.79 Å². The van der Waals surface area contributed by atoms with Crippen LogP contribution in [0, 0.1) is 0 Å². The molecule has 26 heavy (non-hydrogen) atoms. The molecule has 138 valence electrons. The second-order valence-electron chi connectivity index (χ2n) is 6.02. The van der Waals surface area contributed by atoms with E-state index < -0.39 is 12.0 Å². The SMILES string of the molecule is CCOC(=O)NNC(=O)c1nn(-c2ccc(Cl)cc2)c2c1CCCCC2. The number of rotatable bonds is 3. The van der Waals surface area contributed by atoms with Crippen LogP contribution in [-0.2, 0) is 17.6 Å². The quantitative estimate of drug-likeness (QED) is 0.636. The molecule has 8 heteroatoms. The van der Waals surface area contributed by atoms with Gasteiger partial charge < -0.3 is 4.74 Å². The van der Waals surface area contributed by atoms with Gasteiger partial charge in [-0.15, -0.1) is 0 Å². The van der Waals surface area contributed by atoms with Crippen LogP contribution in [0.25, 0.3) is 5.69 Å². The molecule has 2 N–H and O–H groups in total. The van der Waals surface area contributed by atoms with E-state index in [1.165, 1.54) is 0 Å². The lowest BCUT2D eigenvalue weighted by Crippen LogP contribution is -2.42. The van der Waals surface area contributed by atoms with Crippen molar-refractivity contribution in [3.05, 3.63) is 46.2 Å². The van der Waals surface area contributed by atoms with Crippen molar-refractivity contribution >= 4 is 23.6 Å². The molecule has 0 aliphatic heterocycles. The summed E-state index contributed by atoms with van der Waals surface area (Å²) in [5, 5.41) is 5.17. The summed E-state index contributed by atoms with van der Waals surface area (Å²) in [6.07, 6.45) is 4.09. The molecule has 0 spiro atoms. The number of carbonyl (C=O) groups excluding carboxylic acids is 2. The lowest BCUT2D eigenvalue weighted by atomic mass is 10.1. The van der Waals surface area contributed by atoms with Crippen molar-refractivity contribution in [2.75, 3.05) is 6.61 Å². The van der Waals surface area contributed by atoms with E-state index in [0.29, 0.717) is 10.7 Å². The number of halogens is 1. The molecule has 0 unspecified atom stereocenters. The second-order valence-corrected chi connectivity index (χ2v) is 6.46. The summed E-state index contributed by atoms with van der Waals surface area (Å²) in [6, 6.07) is 7.34. The third-order valence-corrected chi connectivity index (χ3v) is 4.52. The molecular formula is C18H21ClN4O3. The summed E-state index contributed by atoms with van der Waals surface area (Å²) in [5.74, 6) is -0.455. The van der Waals surface area contributed by atoms with E-state index in [4.69, 9.17) is 16.3 Å². The number of carbonyl (C=O) groups is 2. The number of amides is 2. The van der Waals surface area contributed by atoms with Gasteiger partial charge in [0, 0.05) is 16.3 Å². The first-order valence-electron chi connectivity index (χ1n) is 8.70. The van der Waals surface area contributed by atoms with Gasteiger partial charge in [0.15, 0.2) is 5.69 Å². The van der Waals surface area contributed by atoms with Crippen LogP contribution in [0.1, 0.15) is 47.9 Å². The molecular weight excluding hydrogens is 356 g/mol. The number of hydrogen-bond donors (Lipinski definition) is 2. The number of nitrogens with zero attached hydrogens (tertiary/aromatic N) is 2. The number of hydrogen-bond acceptors (Lipinski definition) is 4. The maximum atomic E-state index is 12.6. The van der Waals surface area contributed by atoms with Crippen LogP contribution in [-0.4, -0.2) is 28.4 Å². The molecule has 1 heterocycles. The van der Waals surface area contributed by atoms with Gasteiger partial charge >= 0.3 is 6.09 Å². The van der Waals surface area contributed by atoms with Crippen molar-refractivity contribution in [1.29, 1.82) is 0 Å². The maximum absolute atomic E-state index is 12.6. The minimum Gasteiger partial charge on any atom is -0.449 e. The van der Waals surface area contributed by atoms with Gasteiger partial charge in [0.05, 0.1) is 12.3 Å². The fourth-order valence-electron chi connectivity index (χ4n) is 3.09. The van der Waals surface area contributed by atoms with Crippen LogP contribution in [0.5, 0.6) is 0 Å². The third kappa shape index (κ3) is 3.99. The van der Waals surface area contributed by atoms with Crippen molar-refractivity contribution in [3.63, 3.8) is 0 Å². The molecule has 1 aromatic carbocycles. The van der Waals surface area contributed by atoms with Gasteiger partial charge in [-0.1, -0.05) is 18.0 Å². The first-order chi connectivity index (χ1) is 12.6. The highest BCUT2D eigenvalue weighted by Gasteiger charge is 2.25. The summed E-state index contributed by atoms with van der Waals surface area (Å²) in [6.45, 7) is 1.91. The highest BCUT2D eigenvalue weighted by atomic mass is 35.5. The Hall–Kier alpha value is -2.54. The lowest BCUT2D eigenvalue weighted by molar-refractivity contribution is 0.0906. The van der Waals surface area contributed by atoms with Gasteiger partial charge in [0.2, 0.25) is 0 Å². The lowest BCUT2D eigenvalue weighted by Gasteiger charge is -2.07. The Balaban J connectivity index is 1.91. The van der Waals surface area contributed by atoms with E-state index >= 15 is 0 Å². The van der Waals surface area contributed by atoms with E-state index in [1.54, 1.807) is 23.7 Å². The third-order valence-electron chi connectivity index (χ3n) is 4.27.